The van der Waals surface area contributed by atoms with Crippen LogP contribution in [0.25, 0.3) is 5.65 Å². The Balaban J connectivity index is 0.00000156. The number of fused-ring (bicyclic) bond motifs is 1. The van der Waals surface area contributed by atoms with E-state index >= 15 is 0 Å². The van der Waals surface area contributed by atoms with Crippen molar-refractivity contribution in [2.24, 2.45) is 0 Å². The van der Waals surface area contributed by atoms with Gasteiger partial charge in [-0.15, -0.1) is 0 Å². The summed E-state index contributed by atoms with van der Waals surface area (Å²) < 4.78 is 1.98. The standard InChI is InChI=1S/C18H18N3O2.Pr.Y/c1-12-13(2)21-10-6-9-15(18(21)19-12)20-17(16(23)11-22)14-7-4-3-5-8-14;;/h3-10,16-17,20,23H,1-2H3;;/q-1;;/t16?,17-;;/m1../s1. The number of aliphatic hydroxyl groups is 1. The molecule has 0 saturated carbocycles. The minimum Gasteiger partial charge on any atom is -0.539 e. The third-order valence-electron chi connectivity index (χ3n) is 4.03. The zero-order valence-corrected chi connectivity index (χ0v) is 20.7. The maximum absolute atomic E-state index is 11.0. The van der Waals surface area contributed by atoms with Gasteiger partial charge in [-0.05, 0) is 37.6 Å². The van der Waals surface area contributed by atoms with Gasteiger partial charge >= 0.3 is 0 Å². The Morgan fingerprint density at radius 3 is 2.48 bits per heavy atom. The molecule has 2 radical (unpaired) electrons. The van der Waals surface area contributed by atoms with Crippen LogP contribution in [0.5, 0.6) is 0 Å². The van der Waals surface area contributed by atoms with Crippen LogP contribution in [0.1, 0.15) is 23.0 Å². The van der Waals surface area contributed by atoms with E-state index in [0.717, 1.165) is 28.3 Å². The van der Waals surface area contributed by atoms with Gasteiger partial charge in [0.2, 0.25) is 0 Å². The summed E-state index contributed by atoms with van der Waals surface area (Å²) in [5.74, 6) is 0. The summed E-state index contributed by atoms with van der Waals surface area (Å²) in [6.07, 6.45) is 2.34. The predicted molar refractivity (Wildman–Crippen MR) is 89.2 cm³/mol. The molecule has 7 heteroatoms. The normalized spacial score (nSPS) is 12.6. The number of pyridine rings is 1. The van der Waals surface area contributed by atoms with Crippen molar-refractivity contribution in [2.75, 3.05) is 5.32 Å². The van der Waals surface area contributed by atoms with E-state index in [0.29, 0.717) is 0 Å². The van der Waals surface area contributed by atoms with Gasteiger partial charge in [-0.25, -0.2) is 11.3 Å². The van der Waals surface area contributed by atoms with Gasteiger partial charge in [0.25, 0.3) is 0 Å². The van der Waals surface area contributed by atoms with E-state index < -0.39 is 12.1 Å². The van der Waals surface area contributed by atoms with Gasteiger partial charge in [-0.3, -0.25) is 0 Å². The molecule has 1 unspecified atom stereocenters. The van der Waals surface area contributed by atoms with E-state index in [1.165, 1.54) is 0 Å². The van der Waals surface area contributed by atoms with Crippen LogP contribution in [0.4, 0.5) is 5.69 Å². The predicted octanol–water partition coefficient (Wildman–Crippen LogP) is 2.57. The number of aromatic nitrogens is 2. The second-order valence-electron chi connectivity index (χ2n) is 5.49. The topological polar surface area (TPSA) is 66.6 Å². The van der Waals surface area contributed by atoms with Crippen LogP contribution in [-0.4, -0.2) is 26.9 Å². The molecule has 25 heavy (non-hydrogen) atoms. The van der Waals surface area contributed by atoms with E-state index in [1.807, 2.05) is 66.9 Å². The van der Waals surface area contributed by atoms with Crippen LogP contribution in [0.3, 0.4) is 0 Å². The zero-order valence-electron chi connectivity index (χ0n) is 14.2. The average molecular weight is 538 g/mol. The summed E-state index contributed by atoms with van der Waals surface area (Å²) in [6, 6.07) is 12.5. The molecule has 0 saturated heterocycles. The Kier molecular flexibility index (Phi) is 9.34. The van der Waals surface area contributed by atoms with E-state index in [2.05, 4.69) is 10.3 Å². The number of benzene rings is 1. The number of aryl methyl sites for hydroxylation is 2. The number of imidazole rings is 1. The van der Waals surface area contributed by atoms with Gasteiger partial charge in [0.05, 0.1) is 17.4 Å². The Morgan fingerprint density at radius 2 is 1.84 bits per heavy atom. The van der Waals surface area contributed by atoms with Crippen molar-refractivity contribution in [2.45, 2.75) is 26.0 Å². The number of aliphatic hydroxyl groups excluding tert-OH is 1. The minimum absolute atomic E-state index is 0. The SMILES string of the molecule is Cc1nc2c(N[C@H](c3ccccc3)C(O)[C-]=O)cccn2c1C.[Pr].[Y]. The van der Waals surface area contributed by atoms with Gasteiger partial charge in [0.1, 0.15) is 0 Å². The van der Waals surface area contributed by atoms with Crippen LogP contribution in [0.2, 0.25) is 0 Å². The summed E-state index contributed by atoms with van der Waals surface area (Å²) in [5.41, 5.74) is 4.33. The maximum Gasteiger partial charge on any atom is 0.160 e. The molecule has 0 fully saturated rings. The fourth-order valence-electron chi connectivity index (χ4n) is 2.65. The van der Waals surface area contributed by atoms with E-state index in [4.69, 9.17) is 0 Å². The van der Waals surface area contributed by atoms with Gasteiger partial charge < -0.3 is 19.6 Å². The largest absolute Gasteiger partial charge is 0.539 e. The quantitative estimate of drug-likeness (QED) is 0.491. The van der Waals surface area contributed by atoms with Gasteiger partial charge in [0.15, 0.2) is 5.65 Å². The van der Waals surface area contributed by atoms with Crippen molar-refractivity contribution >= 4 is 17.6 Å². The monoisotopic (exact) mass is 538 g/mol. The molecule has 0 amide bonds. The van der Waals surface area contributed by atoms with E-state index in [9.17, 15) is 9.90 Å². The number of rotatable bonds is 5. The molecular formula is C18H18N3O2PrY-. The first kappa shape index (κ1) is 22.8. The molecule has 124 valence electrons. The second-order valence-corrected chi connectivity index (χ2v) is 5.49. The second kappa shape index (κ2) is 10.2. The van der Waals surface area contributed by atoms with Gasteiger partial charge in [-0.2, -0.15) is 0 Å². The molecule has 5 nitrogen and oxygen atoms in total. The van der Waals surface area contributed by atoms with Crippen molar-refractivity contribution in [1.82, 2.24) is 9.38 Å². The fourth-order valence-corrected chi connectivity index (χ4v) is 2.65. The Bertz CT molecular complexity index is 839. The van der Waals surface area contributed by atoms with Crippen molar-refractivity contribution in [3.63, 3.8) is 0 Å². The third kappa shape index (κ3) is 4.95. The Labute approximate surface area is 205 Å². The maximum atomic E-state index is 11.0. The van der Waals surface area contributed by atoms with Crippen molar-refractivity contribution in [3.8, 4) is 0 Å². The van der Waals surface area contributed by atoms with Crippen molar-refractivity contribution in [1.29, 1.82) is 0 Å². The number of hydrogen-bond acceptors (Lipinski definition) is 4. The first-order valence-corrected chi connectivity index (χ1v) is 7.43. The van der Waals surface area contributed by atoms with Crippen molar-refractivity contribution < 1.29 is 83.9 Å². The van der Waals surface area contributed by atoms with Crippen LogP contribution >= 0.6 is 0 Å². The molecule has 2 heterocycles. The van der Waals surface area contributed by atoms with E-state index in [1.54, 1.807) is 6.29 Å². The number of anilines is 1. The summed E-state index contributed by atoms with van der Waals surface area (Å²) in [7, 11) is 0. The number of carbonyl (C=O) groups excluding carboxylic acids is 1. The molecule has 0 spiro atoms. The molecule has 2 atom stereocenters. The van der Waals surface area contributed by atoms with Crippen LogP contribution in [0, 0.1) is 55.1 Å². The summed E-state index contributed by atoms with van der Waals surface area (Å²) >= 11 is 0. The Hall–Kier alpha value is -0.192. The number of nitrogens with zero attached hydrogens (tertiary/aromatic N) is 2. The summed E-state index contributed by atoms with van der Waals surface area (Å²) in [5, 5.41) is 13.3. The van der Waals surface area contributed by atoms with E-state index in [-0.39, 0.29) is 74.0 Å². The summed E-state index contributed by atoms with van der Waals surface area (Å²) in [6.45, 7) is 3.96. The molecule has 0 aliphatic rings. The Morgan fingerprint density at radius 1 is 1.16 bits per heavy atom. The first-order valence-electron chi connectivity index (χ1n) is 7.43. The van der Waals surface area contributed by atoms with Crippen LogP contribution < -0.4 is 5.32 Å². The smallest absolute Gasteiger partial charge is 0.160 e. The molecule has 3 aromatic rings. The van der Waals surface area contributed by atoms with Crippen LogP contribution in [-0.2, 0) is 37.5 Å². The summed E-state index contributed by atoms with van der Waals surface area (Å²) in [4.78, 5) is 15.6. The number of hydrogen-bond donors (Lipinski definition) is 2. The third-order valence-corrected chi connectivity index (χ3v) is 4.03. The molecular weight excluding hydrogens is 520 g/mol. The van der Waals surface area contributed by atoms with Gasteiger partial charge in [0, 0.05) is 85.9 Å². The molecule has 0 bridgehead atoms. The molecule has 2 N–H and O–H groups in total. The molecule has 3 rings (SSSR count). The van der Waals surface area contributed by atoms with Gasteiger partial charge in [-0.1, -0.05) is 30.3 Å². The van der Waals surface area contributed by atoms with Crippen molar-refractivity contribution in [3.05, 3.63) is 65.6 Å². The zero-order chi connectivity index (χ0) is 16.4. The van der Waals surface area contributed by atoms with Crippen LogP contribution in [0.15, 0.2) is 48.7 Å². The molecule has 2 aromatic heterocycles. The fraction of sp³-hybridized carbons (Fsp3) is 0.222. The minimum atomic E-state index is -1.27. The first-order chi connectivity index (χ1) is 11.1. The number of nitrogens with one attached hydrogen (secondary N) is 1. The molecule has 0 aliphatic heterocycles. The molecule has 0 aliphatic carbocycles. The molecule has 1 aromatic carbocycles. The average Bonchev–Trinajstić information content (AvgIpc) is 2.88.